The van der Waals surface area contributed by atoms with Crippen LogP contribution in [0.1, 0.15) is 5.69 Å². The van der Waals surface area contributed by atoms with Crippen LogP contribution in [0.15, 0.2) is 51.5 Å². The molecule has 0 bridgehead atoms. The molecule has 0 aliphatic heterocycles. The van der Waals surface area contributed by atoms with Crippen LogP contribution in [0.4, 0.5) is 13.2 Å². The lowest BCUT2D eigenvalue weighted by Gasteiger charge is -2.08. The normalized spacial score (nSPS) is 11.7. The summed E-state index contributed by atoms with van der Waals surface area (Å²) in [4.78, 5) is 0. The zero-order valence-corrected chi connectivity index (χ0v) is 13.4. The topological polar surface area (TPSA) is 66.5 Å². The van der Waals surface area contributed by atoms with Crippen molar-refractivity contribution in [2.24, 2.45) is 0 Å². The van der Waals surface area contributed by atoms with Crippen LogP contribution in [0.2, 0.25) is 0 Å². The smallest absolute Gasteiger partial charge is 0.437 e. The van der Waals surface area contributed by atoms with Gasteiger partial charge in [-0.2, -0.15) is 13.2 Å². The standard InChI is InChI=1S/C16H9BrF3NO3/c17-9-3-1-8(2-4-9)13-14(24-21-15(13)16(18,19)20)11-6-5-10(22)7-12(11)23/h1-7,22-23H. The van der Waals surface area contributed by atoms with Gasteiger partial charge in [-0.25, -0.2) is 0 Å². The van der Waals surface area contributed by atoms with Crippen molar-refractivity contribution >= 4 is 15.9 Å². The van der Waals surface area contributed by atoms with Crippen LogP contribution in [0.3, 0.4) is 0 Å². The molecule has 124 valence electrons. The molecule has 0 saturated heterocycles. The number of halogens is 4. The molecule has 4 nitrogen and oxygen atoms in total. The van der Waals surface area contributed by atoms with Gasteiger partial charge < -0.3 is 14.7 Å². The van der Waals surface area contributed by atoms with E-state index in [9.17, 15) is 23.4 Å². The molecule has 0 saturated carbocycles. The van der Waals surface area contributed by atoms with Crippen molar-refractivity contribution in [2.45, 2.75) is 6.18 Å². The van der Waals surface area contributed by atoms with Crippen LogP contribution in [0.25, 0.3) is 22.5 Å². The molecule has 0 aliphatic rings. The van der Waals surface area contributed by atoms with Crippen molar-refractivity contribution in [2.75, 3.05) is 0 Å². The van der Waals surface area contributed by atoms with Crippen molar-refractivity contribution in [3.8, 4) is 33.9 Å². The molecule has 0 unspecified atom stereocenters. The van der Waals surface area contributed by atoms with E-state index in [1.54, 1.807) is 12.1 Å². The maximum absolute atomic E-state index is 13.3. The molecule has 24 heavy (non-hydrogen) atoms. The van der Waals surface area contributed by atoms with Gasteiger partial charge >= 0.3 is 6.18 Å². The molecule has 3 aromatic rings. The van der Waals surface area contributed by atoms with Crippen LogP contribution < -0.4 is 0 Å². The highest BCUT2D eigenvalue weighted by atomic mass is 79.9. The predicted octanol–water partition coefficient (Wildman–Crippen LogP) is 5.20. The minimum atomic E-state index is -4.73. The second-order valence-electron chi connectivity index (χ2n) is 4.94. The van der Waals surface area contributed by atoms with Crippen molar-refractivity contribution in [3.05, 3.63) is 52.6 Å². The molecule has 3 rings (SSSR count). The van der Waals surface area contributed by atoms with Crippen LogP contribution >= 0.6 is 15.9 Å². The van der Waals surface area contributed by atoms with E-state index in [2.05, 4.69) is 21.1 Å². The predicted molar refractivity (Wildman–Crippen MR) is 83.4 cm³/mol. The number of rotatable bonds is 2. The number of aromatic hydroxyl groups is 2. The number of alkyl halides is 3. The minimum absolute atomic E-state index is 0.00582. The van der Waals surface area contributed by atoms with Gasteiger partial charge in [0.2, 0.25) is 0 Å². The number of hydrogen-bond donors (Lipinski definition) is 2. The van der Waals surface area contributed by atoms with E-state index < -0.39 is 17.6 Å². The average Bonchev–Trinajstić information content (AvgIpc) is 2.93. The summed E-state index contributed by atoms with van der Waals surface area (Å²) in [6.45, 7) is 0. The third-order valence-electron chi connectivity index (χ3n) is 3.32. The Morgan fingerprint density at radius 1 is 1.00 bits per heavy atom. The highest BCUT2D eigenvalue weighted by Gasteiger charge is 2.40. The molecular weight excluding hydrogens is 391 g/mol. The maximum atomic E-state index is 13.3. The number of phenols is 2. The number of benzene rings is 2. The Morgan fingerprint density at radius 3 is 2.25 bits per heavy atom. The van der Waals surface area contributed by atoms with Crippen molar-refractivity contribution in [1.29, 1.82) is 0 Å². The Hall–Kier alpha value is -2.48. The highest BCUT2D eigenvalue weighted by Crippen LogP contribution is 2.45. The van der Waals surface area contributed by atoms with Gasteiger partial charge in [0.15, 0.2) is 11.5 Å². The van der Waals surface area contributed by atoms with Gasteiger partial charge in [-0.05, 0) is 29.8 Å². The Kier molecular flexibility index (Phi) is 4.00. The maximum Gasteiger partial charge on any atom is 0.437 e. The first-order chi connectivity index (χ1) is 11.3. The van der Waals surface area contributed by atoms with Gasteiger partial charge in [0, 0.05) is 10.5 Å². The molecule has 8 heteroatoms. The van der Waals surface area contributed by atoms with Gasteiger partial charge in [0.1, 0.15) is 11.5 Å². The van der Waals surface area contributed by atoms with Crippen LogP contribution in [-0.2, 0) is 6.18 Å². The Balaban J connectivity index is 2.27. The summed E-state index contributed by atoms with van der Waals surface area (Å²) >= 11 is 3.22. The summed E-state index contributed by atoms with van der Waals surface area (Å²) in [7, 11) is 0. The lowest BCUT2D eigenvalue weighted by atomic mass is 9.98. The number of aromatic nitrogens is 1. The summed E-state index contributed by atoms with van der Waals surface area (Å²) in [5, 5.41) is 22.4. The van der Waals surface area contributed by atoms with Gasteiger partial charge in [-0.3, -0.25) is 0 Å². The van der Waals surface area contributed by atoms with Crippen molar-refractivity contribution < 1.29 is 27.9 Å². The SMILES string of the molecule is Oc1ccc(-c2onc(C(F)(F)F)c2-c2ccc(Br)cc2)c(O)c1. The molecule has 0 amide bonds. The van der Waals surface area contributed by atoms with Crippen LogP contribution in [0, 0.1) is 0 Å². The van der Waals surface area contributed by atoms with Crippen molar-refractivity contribution in [3.63, 3.8) is 0 Å². The first-order valence-electron chi connectivity index (χ1n) is 6.62. The fourth-order valence-electron chi connectivity index (χ4n) is 2.26. The largest absolute Gasteiger partial charge is 0.508 e. The van der Waals surface area contributed by atoms with Gasteiger partial charge in [0.05, 0.1) is 11.1 Å². The van der Waals surface area contributed by atoms with E-state index >= 15 is 0 Å². The molecule has 0 spiro atoms. The van der Waals surface area contributed by atoms with Crippen LogP contribution in [-0.4, -0.2) is 15.4 Å². The second kappa shape index (κ2) is 5.86. The molecule has 0 radical (unpaired) electrons. The molecule has 0 aliphatic carbocycles. The number of nitrogens with zero attached hydrogens (tertiary/aromatic N) is 1. The quantitative estimate of drug-likeness (QED) is 0.621. The van der Waals surface area contributed by atoms with Gasteiger partial charge in [0.25, 0.3) is 0 Å². The average molecular weight is 400 g/mol. The molecule has 1 aromatic heterocycles. The molecule has 2 aromatic carbocycles. The summed E-state index contributed by atoms with van der Waals surface area (Å²) in [6.07, 6.45) is -4.73. The number of phenolic OH excluding ortho intramolecular Hbond substituents is 2. The monoisotopic (exact) mass is 399 g/mol. The lowest BCUT2D eigenvalue weighted by molar-refractivity contribution is -0.142. The first-order valence-corrected chi connectivity index (χ1v) is 7.42. The minimum Gasteiger partial charge on any atom is -0.508 e. The first kappa shape index (κ1) is 16.4. The summed E-state index contributed by atoms with van der Waals surface area (Å²) in [5.41, 5.74) is -1.24. The van der Waals surface area contributed by atoms with Gasteiger partial charge in [-0.1, -0.05) is 33.2 Å². The second-order valence-corrected chi connectivity index (χ2v) is 5.86. The molecule has 1 heterocycles. The Labute approximate surface area is 142 Å². The number of hydrogen-bond acceptors (Lipinski definition) is 4. The van der Waals surface area contributed by atoms with E-state index in [4.69, 9.17) is 4.52 Å². The summed E-state index contributed by atoms with van der Waals surface area (Å²) in [6, 6.07) is 9.63. The molecule has 0 fully saturated rings. The molecule has 0 atom stereocenters. The third kappa shape index (κ3) is 2.96. The fourth-order valence-corrected chi connectivity index (χ4v) is 2.53. The van der Waals surface area contributed by atoms with E-state index in [-0.39, 0.29) is 28.2 Å². The van der Waals surface area contributed by atoms with Crippen molar-refractivity contribution in [1.82, 2.24) is 5.16 Å². The fraction of sp³-hybridized carbons (Fsp3) is 0.0625. The Bertz CT molecular complexity index is 889. The van der Waals surface area contributed by atoms with E-state index in [0.29, 0.717) is 4.47 Å². The van der Waals surface area contributed by atoms with Crippen LogP contribution in [0.5, 0.6) is 11.5 Å². The van der Waals surface area contributed by atoms with E-state index in [1.807, 2.05) is 0 Å². The summed E-state index contributed by atoms with van der Waals surface area (Å²) < 4.78 is 45.4. The third-order valence-corrected chi connectivity index (χ3v) is 3.85. The zero-order valence-electron chi connectivity index (χ0n) is 11.8. The van der Waals surface area contributed by atoms with E-state index in [1.165, 1.54) is 24.3 Å². The van der Waals surface area contributed by atoms with E-state index in [0.717, 1.165) is 6.07 Å². The Morgan fingerprint density at radius 2 is 1.67 bits per heavy atom. The lowest BCUT2D eigenvalue weighted by Crippen LogP contribution is -2.07. The molecular formula is C16H9BrF3NO3. The zero-order chi connectivity index (χ0) is 17.5. The van der Waals surface area contributed by atoms with Gasteiger partial charge in [-0.15, -0.1) is 0 Å². The molecule has 2 N–H and O–H groups in total. The summed E-state index contributed by atoms with van der Waals surface area (Å²) in [5.74, 6) is -0.877. The highest BCUT2D eigenvalue weighted by molar-refractivity contribution is 9.10.